The van der Waals surface area contributed by atoms with Crippen LogP contribution >= 0.6 is 0 Å². The van der Waals surface area contributed by atoms with Gasteiger partial charge in [0.15, 0.2) is 0 Å². The number of hydrogen-bond acceptors (Lipinski definition) is 6. The molecule has 1 saturated carbocycles. The van der Waals surface area contributed by atoms with Crippen molar-refractivity contribution in [2.24, 2.45) is 0 Å². The average molecular weight is 258 g/mol. The summed E-state index contributed by atoms with van der Waals surface area (Å²) < 4.78 is 16.6. The fourth-order valence-electron chi connectivity index (χ4n) is 1.33. The van der Waals surface area contributed by atoms with Crippen LogP contribution < -0.4 is 10.6 Å². The van der Waals surface area contributed by atoms with Crippen LogP contribution in [0.25, 0.3) is 0 Å². The Morgan fingerprint density at radius 2 is 2.29 bits per heavy atom. The zero-order chi connectivity index (χ0) is 12.1. The van der Waals surface area contributed by atoms with Gasteiger partial charge >= 0.3 is 6.01 Å². The molecule has 96 valence electrons. The lowest BCUT2D eigenvalue weighted by Gasteiger charge is -1.99. The molecule has 17 heavy (non-hydrogen) atoms. The van der Waals surface area contributed by atoms with E-state index in [1.54, 1.807) is 0 Å². The predicted octanol–water partition coefficient (Wildman–Crippen LogP) is 0.502. The SMILES string of the molecule is CCS(=O)CCNc1nnc(CNC2CC2)o1. The second kappa shape index (κ2) is 6.11. The Labute approximate surface area is 103 Å². The number of anilines is 1. The van der Waals surface area contributed by atoms with E-state index in [0.29, 0.717) is 42.5 Å². The summed E-state index contributed by atoms with van der Waals surface area (Å²) in [5, 5.41) is 14.1. The van der Waals surface area contributed by atoms with Gasteiger partial charge in [-0.3, -0.25) is 4.21 Å². The van der Waals surface area contributed by atoms with Crippen LogP contribution in [0.3, 0.4) is 0 Å². The molecule has 1 aliphatic rings. The molecule has 1 fully saturated rings. The summed E-state index contributed by atoms with van der Waals surface area (Å²) in [6, 6.07) is 1.04. The molecule has 0 bridgehead atoms. The molecule has 0 radical (unpaired) electrons. The number of nitrogens with zero attached hydrogens (tertiary/aromatic N) is 2. The molecule has 1 atom stereocenters. The molecule has 1 unspecified atom stereocenters. The molecule has 1 aromatic rings. The smallest absolute Gasteiger partial charge is 0.315 e. The van der Waals surface area contributed by atoms with Gasteiger partial charge in [-0.25, -0.2) is 0 Å². The summed E-state index contributed by atoms with van der Waals surface area (Å²) in [5.41, 5.74) is 0. The van der Waals surface area contributed by atoms with Gasteiger partial charge < -0.3 is 15.1 Å². The van der Waals surface area contributed by atoms with Crippen molar-refractivity contribution in [1.29, 1.82) is 0 Å². The molecule has 7 heteroatoms. The first-order valence-corrected chi connectivity index (χ1v) is 7.41. The summed E-state index contributed by atoms with van der Waals surface area (Å²) in [4.78, 5) is 0. The van der Waals surface area contributed by atoms with Crippen LogP contribution in [0.5, 0.6) is 0 Å². The van der Waals surface area contributed by atoms with Crippen molar-refractivity contribution >= 4 is 16.8 Å². The highest BCUT2D eigenvalue weighted by Gasteiger charge is 2.21. The lowest BCUT2D eigenvalue weighted by molar-refractivity contribution is 0.476. The Morgan fingerprint density at radius 3 is 3.00 bits per heavy atom. The maximum absolute atomic E-state index is 11.2. The van der Waals surface area contributed by atoms with Gasteiger partial charge in [0.2, 0.25) is 5.89 Å². The molecule has 1 aromatic heterocycles. The van der Waals surface area contributed by atoms with E-state index in [1.807, 2.05) is 6.92 Å². The summed E-state index contributed by atoms with van der Waals surface area (Å²) >= 11 is 0. The molecule has 2 N–H and O–H groups in total. The first-order chi connectivity index (χ1) is 8.28. The van der Waals surface area contributed by atoms with E-state index in [2.05, 4.69) is 20.8 Å². The Morgan fingerprint density at radius 1 is 1.47 bits per heavy atom. The van der Waals surface area contributed by atoms with Crippen LogP contribution in [0.2, 0.25) is 0 Å². The molecular weight excluding hydrogens is 240 g/mol. The van der Waals surface area contributed by atoms with Gasteiger partial charge in [-0.05, 0) is 12.8 Å². The van der Waals surface area contributed by atoms with Gasteiger partial charge in [0.1, 0.15) is 0 Å². The lowest BCUT2D eigenvalue weighted by Crippen LogP contribution is -2.15. The van der Waals surface area contributed by atoms with Crippen molar-refractivity contribution in [3.63, 3.8) is 0 Å². The minimum Gasteiger partial charge on any atom is -0.407 e. The Bertz CT molecular complexity index is 378. The van der Waals surface area contributed by atoms with Gasteiger partial charge in [0.25, 0.3) is 0 Å². The van der Waals surface area contributed by atoms with Crippen molar-refractivity contribution < 1.29 is 8.63 Å². The molecule has 1 aliphatic carbocycles. The van der Waals surface area contributed by atoms with Gasteiger partial charge in [-0.1, -0.05) is 12.0 Å². The second-order valence-corrected chi connectivity index (χ2v) is 5.88. The van der Waals surface area contributed by atoms with Gasteiger partial charge in [-0.15, -0.1) is 5.10 Å². The maximum atomic E-state index is 11.2. The number of rotatable bonds is 8. The van der Waals surface area contributed by atoms with E-state index in [-0.39, 0.29) is 0 Å². The lowest BCUT2D eigenvalue weighted by atomic mass is 10.6. The molecule has 2 rings (SSSR count). The first kappa shape index (κ1) is 12.5. The van der Waals surface area contributed by atoms with E-state index in [0.717, 1.165) is 0 Å². The first-order valence-electron chi connectivity index (χ1n) is 5.92. The van der Waals surface area contributed by atoms with E-state index < -0.39 is 10.8 Å². The van der Waals surface area contributed by atoms with Crippen molar-refractivity contribution in [2.45, 2.75) is 32.4 Å². The van der Waals surface area contributed by atoms with Crippen LogP contribution in [0, 0.1) is 0 Å². The Hall–Kier alpha value is -0.950. The largest absolute Gasteiger partial charge is 0.407 e. The summed E-state index contributed by atoms with van der Waals surface area (Å²) in [7, 11) is -0.760. The molecule has 0 spiro atoms. The molecule has 6 nitrogen and oxygen atoms in total. The van der Waals surface area contributed by atoms with Crippen LogP contribution in [0.15, 0.2) is 4.42 Å². The van der Waals surface area contributed by atoms with Crippen LogP contribution in [-0.4, -0.2) is 38.5 Å². The third kappa shape index (κ3) is 4.43. The Balaban J connectivity index is 1.67. The summed E-state index contributed by atoms with van der Waals surface area (Å²) in [6.07, 6.45) is 2.48. The molecule has 0 aromatic carbocycles. The molecule has 1 heterocycles. The van der Waals surface area contributed by atoms with Gasteiger partial charge in [0.05, 0.1) is 6.54 Å². The topological polar surface area (TPSA) is 80.0 Å². The highest BCUT2D eigenvalue weighted by Crippen LogP contribution is 2.19. The quantitative estimate of drug-likeness (QED) is 0.707. The van der Waals surface area contributed by atoms with Crippen LogP contribution in [0.4, 0.5) is 6.01 Å². The minimum atomic E-state index is -0.760. The molecular formula is C10H18N4O2S. The number of aromatic nitrogens is 2. The van der Waals surface area contributed by atoms with E-state index in [1.165, 1.54) is 12.8 Å². The fraction of sp³-hybridized carbons (Fsp3) is 0.800. The average Bonchev–Trinajstić information content (AvgIpc) is 3.06. The minimum absolute atomic E-state index is 0.408. The normalized spacial score (nSPS) is 17.0. The van der Waals surface area contributed by atoms with Crippen molar-refractivity contribution in [2.75, 3.05) is 23.4 Å². The van der Waals surface area contributed by atoms with Crippen molar-refractivity contribution in [3.8, 4) is 0 Å². The zero-order valence-corrected chi connectivity index (χ0v) is 10.8. The highest BCUT2D eigenvalue weighted by molar-refractivity contribution is 7.84. The van der Waals surface area contributed by atoms with E-state index in [4.69, 9.17) is 4.42 Å². The Kier molecular flexibility index (Phi) is 4.49. The zero-order valence-electron chi connectivity index (χ0n) is 9.94. The molecule has 0 saturated heterocycles. The van der Waals surface area contributed by atoms with Crippen LogP contribution in [0.1, 0.15) is 25.7 Å². The fourth-order valence-corrected chi connectivity index (χ4v) is 1.95. The highest BCUT2D eigenvalue weighted by atomic mass is 32.2. The number of hydrogen-bond donors (Lipinski definition) is 2. The predicted molar refractivity (Wildman–Crippen MR) is 66.2 cm³/mol. The van der Waals surface area contributed by atoms with E-state index in [9.17, 15) is 4.21 Å². The maximum Gasteiger partial charge on any atom is 0.315 e. The van der Waals surface area contributed by atoms with Gasteiger partial charge in [0, 0.05) is 34.9 Å². The molecule has 0 amide bonds. The molecule has 0 aliphatic heterocycles. The third-order valence-corrected chi connectivity index (χ3v) is 3.82. The van der Waals surface area contributed by atoms with Gasteiger partial charge in [-0.2, -0.15) is 0 Å². The standard InChI is InChI=1S/C10H18N4O2S/c1-2-17(15)6-5-11-10-14-13-9(16-10)7-12-8-3-4-8/h8,12H,2-7H2,1H3,(H,11,14). The summed E-state index contributed by atoms with van der Waals surface area (Å²) in [5.74, 6) is 1.88. The second-order valence-electron chi connectivity index (χ2n) is 4.02. The van der Waals surface area contributed by atoms with Crippen molar-refractivity contribution in [1.82, 2.24) is 15.5 Å². The van der Waals surface area contributed by atoms with Crippen LogP contribution in [-0.2, 0) is 17.3 Å². The monoisotopic (exact) mass is 258 g/mol. The number of nitrogens with one attached hydrogen (secondary N) is 2. The third-order valence-electron chi connectivity index (χ3n) is 2.51. The van der Waals surface area contributed by atoms with Crippen molar-refractivity contribution in [3.05, 3.63) is 5.89 Å². The van der Waals surface area contributed by atoms with E-state index >= 15 is 0 Å². The summed E-state index contributed by atoms with van der Waals surface area (Å²) in [6.45, 7) is 3.13.